The van der Waals surface area contributed by atoms with Crippen LogP contribution in [0.4, 0.5) is 0 Å². The van der Waals surface area contributed by atoms with Crippen LogP contribution in [0.25, 0.3) is 0 Å². The lowest BCUT2D eigenvalue weighted by molar-refractivity contribution is 0.467. The maximum Gasteiger partial charge on any atom is 0.236 e. The topological polar surface area (TPSA) is 54.4 Å². The molecule has 3 nitrogen and oxygen atoms in total. The second-order valence-electron chi connectivity index (χ2n) is 4.21. The summed E-state index contributed by atoms with van der Waals surface area (Å²) in [5, 5.41) is 10.1. The molecule has 0 saturated heterocycles. The van der Waals surface area contributed by atoms with Gasteiger partial charge in [-0.1, -0.05) is 11.6 Å². The fourth-order valence-electron chi connectivity index (χ4n) is 2.27. The van der Waals surface area contributed by atoms with Gasteiger partial charge in [-0.3, -0.25) is 0 Å². The van der Waals surface area contributed by atoms with Crippen LogP contribution in [-0.4, -0.2) is 13.5 Å². The molecule has 1 aliphatic rings. The Kier molecular flexibility index (Phi) is 3.57. The molecule has 0 unspecified atom stereocenters. The minimum atomic E-state index is -3.70. The first kappa shape index (κ1) is 13.0. The van der Waals surface area contributed by atoms with Crippen molar-refractivity contribution >= 4 is 31.3 Å². The molecule has 0 saturated carbocycles. The van der Waals surface area contributed by atoms with E-state index in [1.54, 1.807) is 6.07 Å². The van der Waals surface area contributed by atoms with Crippen LogP contribution < -0.4 is 0 Å². The van der Waals surface area contributed by atoms with Crippen LogP contribution >= 0.6 is 22.3 Å². The number of aromatic hydroxyl groups is 1. The second kappa shape index (κ2) is 4.67. The highest BCUT2D eigenvalue weighted by atomic mass is 35.7. The molecule has 0 atom stereocenters. The van der Waals surface area contributed by atoms with E-state index >= 15 is 0 Å². The Bertz CT molecular complexity index is 552. The third-order valence-corrected chi connectivity index (χ3v) is 4.25. The maximum absolute atomic E-state index is 11.2. The highest BCUT2D eigenvalue weighted by Crippen LogP contribution is 2.37. The van der Waals surface area contributed by atoms with E-state index < -0.39 is 9.05 Å². The number of hydrogen-bond donors (Lipinski definition) is 1. The number of benzene rings is 1. The Morgan fingerprint density at radius 2 is 1.94 bits per heavy atom. The van der Waals surface area contributed by atoms with Crippen molar-refractivity contribution in [3.63, 3.8) is 0 Å². The van der Waals surface area contributed by atoms with E-state index in [4.69, 9.17) is 22.3 Å². The number of fused-ring (bicyclic) bond motifs is 1. The summed E-state index contributed by atoms with van der Waals surface area (Å²) in [4.78, 5) is 0. The molecule has 94 valence electrons. The molecule has 0 bridgehead atoms. The Morgan fingerprint density at radius 3 is 2.59 bits per heavy atom. The van der Waals surface area contributed by atoms with E-state index in [-0.39, 0.29) is 16.5 Å². The van der Waals surface area contributed by atoms with Gasteiger partial charge >= 0.3 is 0 Å². The number of halogens is 2. The van der Waals surface area contributed by atoms with Crippen molar-refractivity contribution in [1.82, 2.24) is 0 Å². The summed E-state index contributed by atoms with van der Waals surface area (Å²) in [6, 6.07) is 1.72. The highest BCUT2D eigenvalue weighted by molar-refractivity contribution is 8.13. The van der Waals surface area contributed by atoms with Crippen molar-refractivity contribution in [2.75, 3.05) is 0 Å². The third kappa shape index (κ3) is 2.87. The van der Waals surface area contributed by atoms with E-state index in [1.807, 2.05) is 0 Å². The molecule has 0 aliphatic heterocycles. The number of phenols is 1. The van der Waals surface area contributed by atoms with E-state index in [2.05, 4.69) is 0 Å². The van der Waals surface area contributed by atoms with Crippen molar-refractivity contribution in [2.24, 2.45) is 0 Å². The first-order valence-electron chi connectivity index (χ1n) is 5.33. The van der Waals surface area contributed by atoms with E-state index in [1.165, 1.54) is 0 Å². The zero-order valence-corrected chi connectivity index (χ0v) is 11.4. The second-order valence-corrected chi connectivity index (χ2v) is 7.40. The van der Waals surface area contributed by atoms with Gasteiger partial charge in [-0.05, 0) is 42.9 Å². The van der Waals surface area contributed by atoms with Crippen molar-refractivity contribution in [3.05, 3.63) is 27.8 Å². The van der Waals surface area contributed by atoms with Gasteiger partial charge in [-0.25, -0.2) is 8.42 Å². The Morgan fingerprint density at radius 1 is 1.29 bits per heavy atom. The summed E-state index contributed by atoms with van der Waals surface area (Å²) >= 11 is 5.89. The van der Waals surface area contributed by atoms with Crippen LogP contribution in [0.3, 0.4) is 0 Å². The Balaban J connectivity index is 2.58. The monoisotopic (exact) mass is 294 g/mol. The van der Waals surface area contributed by atoms with Gasteiger partial charge in [0.2, 0.25) is 9.05 Å². The van der Waals surface area contributed by atoms with Crippen LogP contribution in [0, 0.1) is 0 Å². The van der Waals surface area contributed by atoms with Crippen LogP contribution in [0.1, 0.15) is 29.5 Å². The van der Waals surface area contributed by atoms with Gasteiger partial charge in [0.25, 0.3) is 0 Å². The first-order chi connectivity index (χ1) is 7.88. The molecule has 2 rings (SSSR count). The lowest BCUT2D eigenvalue weighted by atomic mass is 9.88. The summed E-state index contributed by atoms with van der Waals surface area (Å²) in [5.74, 6) is -0.528. The molecule has 17 heavy (non-hydrogen) atoms. The number of hydrogen-bond acceptors (Lipinski definition) is 3. The Labute approximate surface area is 110 Å². The van der Waals surface area contributed by atoms with Crippen LogP contribution in [-0.2, 0) is 27.6 Å². The van der Waals surface area contributed by atoms with Crippen molar-refractivity contribution in [1.29, 1.82) is 0 Å². The fourth-order valence-corrected chi connectivity index (χ4v) is 3.50. The lowest BCUT2D eigenvalue weighted by Crippen LogP contribution is -2.09. The molecule has 1 aromatic carbocycles. The standard InChI is InChI=1S/C11H12Cl2O3S/c12-10-5-7-3-1-2-4-8(7)9(11(10)14)6-17(13,15)16/h5,14H,1-4,6H2. The van der Waals surface area contributed by atoms with Gasteiger partial charge in [-0.2, -0.15) is 0 Å². The lowest BCUT2D eigenvalue weighted by Gasteiger charge is -2.20. The summed E-state index contributed by atoms with van der Waals surface area (Å²) in [6.07, 6.45) is 3.68. The SMILES string of the molecule is O=S(=O)(Cl)Cc1c(O)c(Cl)cc2c1CCCC2. The molecular formula is C11H12Cl2O3S. The molecule has 0 heterocycles. The molecule has 1 aromatic rings. The quantitative estimate of drug-likeness (QED) is 0.853. The zero-order valence-electron chi connectivity index (χ0n) is 9.04. The van der Waals surface area contributed by atoms with Gasteiger partial charge in [0, 0.05) is 16.2 Å². The van der Waals surface area contributed by atoms with Gasteiger partial charge in [-0.15, -0.1) is 0 Å². The predicted octanol–water partition coefficient (Wildman–Crippen LogP) is 2.99. The van der Waals surface area contributed by atoms with Gasteiger partial charge in [0.1, 0.15) is 5.75 Å². The number of rotatable bonds is 2. The average Bonchev–Trinajstić information content (AvgIpc) is 2.23. The highest BCUT2D eigenvalue weighted by Gasteiger charge is 2.22. The molecule has 1 N–H and O–H groups in total. The number of phenolic OH excluding ortho intramolecular Hbond substituents is 1. The molecule has 0 aromatic heterocycles. The number of aryl methyl sites for hydroxylation is 1. The predicted molar refractivity (Wildman–Crippen MR) is 68.2 cm³/mol. The van der Waals surface area contributed by atoms with Crippen LogP contribution in [0.5, 0.6) is 5.75 Å². The van der Waals surface area contributed by atoms with Crippen molar-refractivity contribution < 1.29 is 13.5 Å². The largest absolute Gasteiger partial charge is 0.506 e. The van der Waals surface area contributed by atoms with Gasteiger partial charge < -0.3 is 5.11 Å². The van der Waals surface area contributed by atoms with Crippen molar-refractivity contribution in [3.8, 4) is 5.75 Å². The molecule has 1 aliphatic carbocycles. The zero-order chi connectivity index (χ0) is 12.6. The smallest absolute Gasteiger partial charge is 0.236 e. The minimum Gasteiger partial charge on any atom is -0.506 e. The van der Waals surface area contributed by atoms with E-state index in [0.29, 0.717) is 5.56 Å². The fraction of sp³-hybridized carbons (Fsp3) is 0.455. The summed E-state index contributed by atoms with van der Waals surface area (Å²) in [6.45, 7) is 0. The third-order valence-electron chi connectivity index (χ3n) is 3.00. The molecular weight excluding hydrogens is 283 g/mol. The van der Waals surface area contributed by atoms with Gasteiger partial charge in [0.15, 0.2) is 0 Å². The summed E-state index contributed by atoms with van der Waals surface area (Å²) in [7, 11) is 1.56. The summed E-state index contributed by atoms with van der Waals surface area (Å²) in [5.41, 5.74) is 2.28. The van der Waals surface area contributed by atoms with E-state index in [0.717, 1.165) is 36.8 Å². The first-order valence-corrected chi connectivity index (χ1v) is 8.18. The normalized spacial score (nSPS) is 15.6. The van der Waals surface area contributed by atoms with Crippen molar-refractivity contribution in [2.45, 2.75) is 31.4 Å². The average molecular weight is 295 g/mol. The Hall–Kier alpha value is -0.450. The molecule has 0 spiro atoms. The minimum absolute atomic E-state index is 0.156. The molecule has 0 amide bonds. The molecule has 6 heteroatoms. The van der Waals surface area contributed by atoms with Crippen LogP contribution in [0.15, 0.2) is 6.07 Å². The molecule has 0 radical (unpaired) electrons. The van der Waals surface area contributed by atoms with Gasteiger partial charge in [0.05, 0.1) is 10.8 Å². The van der Waals surface area contributed by atoms with Crippen LogP contribution in [0.2, 0.25) is 5.02 Å². The van der Waals surface area contributed by atoms with E-state index in [9.17, 15) is 13.5 Å². The molecule has 0 fully saturated rings. The maximum atomic E-state index is 11.2. The summed E-state index contributed by atoms with van der Waals surface area (Å²) < 4.78 is 22.3.